The molecular weight excluding hydrogens is 330 g/mol. The summed E-state index contributed by atoms with van der Waals surface area (Å²) in [6.07, 6.45) is 2.35. The van der Waals surface area contributed by atoms with E-state index in [4.69, 9.17) is 0 Å². The third-order valence-electron chi connectivity index (χ3n) is 3.32. The van der Waals surface area contributed by atoms with Crippen LogP contribution in [0.1, 0.15) is 18.4 Å². The average Bonchev–Trinajstić information content (AvgIpc) is 2.38. The summed E-state index contributed by atoms with van der Waals surface area (Å²) in [5.41, 5.74) is 0.996. The molecule has 6 heteroatoms. The number of carbonyl (C=O) groups excluding carboxylic acids is 1. The molecule has 1 aliphatic heterocycles. The second-order valence-electron chi connectivity index (χ2n) is 4.84. The van der Waals surface area contributed by atoms with Crippen molar-refractivity contribution >= 4 is 32.2 Å². The summed E-state index contributed by atoms with van der Waals surface area (Å²) in [6, 6.07) is 5.17. The number of hydrogen-bond acceptors (Lipinski definition) is 3. The summed E-state index contributed by atoms with van der Waals surface area (Å²) < 4.78 is 27.1. The van der Waals surface area contributed by atoms with Crippen LogP contribution in [0.25, 0.3) is 0 Å². The van der Waals surface area contributed by atoms with Gasteiger partial charge in [0.1, 0.15) is 6.29 Å². The van der Waals surface area contributed by atoms with Gasteiger partial charge in [-0.3, -0.25) is 0 Å². The third kappa shape index (κ3) is 3.07. The molecule has 19 heavy (non-hydrogen) atoms. The molecular formula is C13H16BrNO3S. The number of hydrogen-bond donors (Lipinski definition) is 0. The van der Waals surface area contributed by atoms with E-state index in [1.54, 1.807) is 18.2 Å². The van der Waals surface area contributed by atoms with Crippen molar-refractivity contribution in [3.63, 3.8) is 0 Å². The van der Waals surface area contributed by atoms with Crippen molar-refractivity contribution in [2.75, 3.05) is 13.1 Å². The molecule has 0 aromatic heterocycles. The number of rotatable bonds is 3. The quantitative estimate of drug-likeness (QED) is 0.790. The molecule has 1 aliphatic rings. The Balaban J connectivity index is 2.33. The second-order valence-corrected chi connectivity index (χ2v) is 7.60. The van der Waals surface area contributed by atoms with Gasteiger partial charge in [0.25, 0.3) is 0 Å². The highest BCUT2D eigenvalue weighted by Crippen LogP contribution is 2.28. The Labute approximate surface area is 122 Å². The minimum absolute atomic E-state index is 0.187. The molecule has 1 saturated heterocycles. The normalized spacial score (nSPS) is 21.3. The van der Waals surface area contributed by atoms with E-state index in [9.17, 15) is 13.2 Å². The predicted octanol–water partition coefficient (Wildman–Crippen LogP) is 2.36. The maximum Gasteiger partial charge on any atom is 0.244 e. The number of benzene rings is 1. The van der Waals surface area contributed by atoms with Gasteiger partial charge in [-0.2, -0.15) is 4.31 Å². The summed E-state index contributed by atoms with van der Waals surface area (Å²) in [5, 5.41) is 0. The fraction of sp³-hybridized carbons (Fsp3) is 0.462. The van der Waals surface area contributed by atoms with Crippen molar-refractivity contribution in [1.29, 1.82) is 0 Å². The zero-order valence-corrected chi connectivity index (χ0v) is 13.1. The maximum absolute atomic E-state index is 12.6. The van der Waals surface area contributed by atoms with Crippen molar-refractivity contribution in [3.8, 4) is 0 Å². The first-order valence-corrected chi connectivity index (χ1v) is 8.40. The molecule has 0 amide bonds. The monoisotopic (exact) mass is 345 g/mol. The third-order valence-corrected chi connectivity index (χ3v) is 6.16. The number of halogens is 1. The zero-order valence-electron chi connectivity index (χ0n) is 10.7. The van der Waals surface area contributed by atoms with E-state index in [1.807, 2.05) is 6.92 Å². The molecule has 1 atom stereocenters. The molecule has 1 aromatic carbocycles. The number of aldehydes is 1. The van der Waals surface area contributed by atoms with Crippen molar-refractivity contribution < 1.29 is 13.2 Å². The molecule has 0 radical (unpaired) electrons. The van der Waals surface area contributed by atoms with Crippen molar-refractivity contribution in [2.45, 2.75) is 24.7 Å². The van der Waals surface area contributed by atoms with Gasteiger partial charge in [-0.1, -0.05) is 6.07 Å². The Bertz CT molecular complexity index is 586. The van der Waals surface area contributed by atoms with Gasteiger partial charge in [-0.25, -0.2) is 8.42 Å². The Hall–Kier alpha value is -0.720. The van der Waals surface area contributed by atoms with Gasteiger partial charge in [0, 0.05) is 23.5 Å². The lowest BCUT2D eigenvalue weighted by Crippen LogP contribution is -2.40. The number of carbonyl (C=O) groups is 1. The van der Waals surface area contributed by atoms with Crippen LogP contribution in [0.2, 0.25) is 0 Å². The Morgan fingerprint density at radius 3 is 2.79 bits per heavy atom. The standard InChI is InChI=1S/C13H16BrNO3S/c1-10-4-5-13(12(14)7-10)19(17,18)15-6-2-3-11(8-15)9-16/h4-5,7,9,11H,2-3,6,8H2,1H3. The topological polar surface area (TPSA) is 54.5 Å². The van der Waals surface area contributed by atoms with Gasteiger partial charge in [-0.05, 0) is 53.4 Å². The molecule has 0 spiro atoms. The Morgan fingerprint density at radius 1 is 1.42 bits per heavy atom. The van der Waals surface area contributed by atoms with E-state index in [1.165, 1.54) is 4.31 Å². The van der Waals surface area contributed by atoms with Crippen molar-refractivity contribution in [3.05, 3.63) is 28.2 Å². The average molecular weight is 346 g/mol. The summed E-state index contributed by atoms with van der Waals surface area (Å²) in [6.45, 7) is 2.67. The van der Waals surface area contributed by atoms with E-state index in [0.717, 1.165) is 24.7 Å². The highest BCUT2D eigenvalue weighted by molar-refractivity contribution is 9.10. The highest BCUT2D eigenvalue weighted by atomic mass is 79.9. The summed E-state index contributed by atoms with van der Waals surface area (Å²) >= 11 is 3.31. The van der Waals surface area contributed by atoms with Gasteiger partial charge in [0.05, 0.1) is 4.90 Å². The first-order chi connectivity index (χ1) is 8.95. The number of sulfonamides is 1. The van der Waals surface area contributed by atoms with Crippen molar-refractivity contribution in [1.82, 2.24) is 4.31 Å². The van der Waals surface area contributed by atoms with Gasteiger partial charge >= 0.3 is 0 Å². The lowest BCUT2D eigenvalue weighted by atomic mass is 10.0. The molecule has 0 aliphatic carbocycles. The number of nitrogens with zero attached hydrogens (tertiary/aromatic N) is 1. The second kappa shape index (κ2) is 5.73. The van der Waals surface area contributed by atoms with Crippen LogP contribution in [0.5, 0.6) is 0 Å². The van der Waals surface area contributed by atoms with Crippen molar-refractivity contribution in [2.24, 2.45) is 5.92 Å². The van der Waals surface area contributed by atoms with Crippen LogP contribution in [0.15, 0.2) is 27.6 Å². The van der Waals surface area contributed by atoms with Crippen LogP contribution >= 0.6 is 15.9 Å². The molecule has 0 N–H and O–H groups in total. The Morgan fingerprint density at radius 2 is 2.16 bits per heavy atom. The van der Waals surface area contributed by atoms with E-state index in [2.05, 4.69) is 15.9 Å². The first-order valence-electron chi connectivity index (χ1n) is 6.17. The minimum Gasteiger partial charge on any atom is -0.303 e. The van der Waals surface area contributed by atoms with Crippen LogP contribution in [-0.4, -0.2) is 32.1 Å². The molecule has 0 bridgehead atoms. The van der Waals surface area contributed by atoms with Gasteiger partial charge in [0.15, 0.2) is 0 Å². The zero-order chi connectivity index (χ0) is 14.0. The molecule has 1 aromatic rings. The molecule has 0 saturated carbocycles. The molecule has 4 nitrogen and oxygen atoms in total. The van der Waals surface area contributed by atoms with Gasteiger partial charge < -0.3 is 4.79 Å². The van der Waals surface area contributed by atoms with Gasteiger partial charge in [0.2, 0.25) is 10.0 Å². The SMILES string of the molecule is Cc1ccc(S(=O)(=O)N2CCCC(C=O)C2)c(Br)c1. The van der Waals surface area contributed by atoms with E-state index in [-0.39, 0.29) is 17.4 Å². The summed E-state index contributed by atoms with van der Waals surface area (Å²) in [4.78, 5) is 11.1. The summed E-state index contributed by atoms with van der Waals surface area (Å²) in [5.74, 6) is -0.187. The molecule has 104 valence electrons. The van der Waals surface area contributed by atoms with Crippen LogP contribution in [0.3, 0.4) is 0 Å². The van der Waals surface area contributed by atoms with E-state index in [0.29, 0.717) is 11.0 Å². The van der Waals surface area contributed by atoms with Crippen LogP contribution in [-0.2, 0) is 14.8 Å². The lowest BCUT2D eigenvalue weighted by molar-refractivity contribution is -0.112. The van der Waals surface area contributed by atoms with Gasteiger partial charge in [-0.15, -0.1) is 0 Å². The largest absolute Gasteiger partial charge is 0.303 e. The lowest BCUT2D eigenvalue weighted by Gasteiger charge is -2.29. The highest BCUT2D eigenvalue weighted by Gasteiger charge is 2.31. The predicted molar refractivity (Wildman–Crippen MR) is 76.4 cm³/mol. The van der Waals surface area contributed by atoms with E-state index >= 15 is 0 Å². The number of aryl methyl sites for hydroxylation is 1. The first kappa shape index (κ1) is 14.7. The van der Waals surface area contributed by atoms with Crippen LogP contribution in [0, 0.1) is 12.8 Å². The summed E-state index contributed by atoms with van der Waals surface area (Å²) in [7, 11) is -3.52. The molecule has 1 heterocycles. The maximum atomic E-state index is 12.6. The number of piperidine rings is 1. The van der Waals surface area contributed by atoms with Crippen LogP contribution in [0.4, 0.5) is 0 Å². The smallest absolute Gasteiger partial charge is 0.244 e. The minimum atomic E-state index is -3.52. The fourth-order valence-electron chi connectivity index (χ4n) is 2.26. The molecule has 2 rings (SSSR count). The van der Waals surface area contributed by atoms with Crippen LogP contribution < -0.4 is 0 Å². The fourth-order valence-corrected chi connectivity index (χ4v) is 4.95. The molecule has 1 unspecified atom stereocenters. The molecule has 1 fully saturated rings. The Kier molecular flexibility index (Phi) is 4.43. The van der Waals surface area contributed by atoms with E-state index < -0.39 is 10.0 Å².